The molecule has 1 rings (SSSR count). The highest BCUT2D eigenvalue weighted by molar-refractivity contribution is 5.86. The lowest BCUT2D eigenvalue weighted by Crippen LogP contribution is -2.41. The Hall–Kier alpha value is -3.08. The molecule has 0 saturated heterocycles. The van der Waals surface area contributed by atoms with E-state index in [4.69, 9.17) is 14.7 Å². The lowest BCUT2D eigenvalue weighted by molar-refractivity contribution is -0.150. The number of hydrogen-bond donors (Lipinski definition) is 2. The topological polar surface area (TPSA) is 118 Å². The summed E-state index contributed by atoms with van der Waals surface area (Å²) in [6.45, 7) is 2.55. The third-order valence-corrected chi connectivity index (χ3v) is 2.60. The molecule has 0 aliphatic carbocycles. The van der Waals surface area contributed by atoms with Crippen molar-refractivity contribution in [1.82, 2.24) is 10.6 Å². The second kappa shape index (κ2) is 9.84. The molecule has 0 radical (unpaired) electrons. The van der Waals surface area contributed by atoms with E-state index in [9.17, 15) is 14.4 Å². The smallest absolute Gasteiger partial charge is 0.344 e. The Morgan fingerprint density at radius 2 is 1.79 bits per heavy atom. The molecule has 1 aromatic rings. The lowest BCUT2D eigenvalue weighted by Gasteiger charge is -2.10. The average molecular weight is 333 g/mol. The molecule has 1 aromatic carbocycles. The average Bonchev–Trinajstić information content (AvgIpc) is 2.56. The van der Waals surface area contributed by atoms with Gasteiger partial charge in [-0.1, -0.05) is 0 Å². The van der Waals surface area contributed by atoms with E-state index in [0.29, 0.717) is 11.3 Å². The second-order valence-corrected chi connectivity index (χ2v) is 5.08. The summed E-state index contributed by atoms with van der Waals surface area (Å²) >= 11 is 0. The fourth-order valence-corrected chi connectivity index (χ4v) is 1.56. The Morgan fingerprint density at radius 1 is 1.12 bits per heavy atom. The van der Waals surface area contributed by atoms with Gasteiger partial charge in [0.15, 0.2) is 13.2 Å². The molecule has 0 aromatic heterocycles. The first kappa shape index (κ1) is 19.0. The van der Waals surface area contributed by atoms with Crippen molar-refractivity contribution in [2.45, 2.75) is 19.9 Å². The Bertz CT molecular complexity index is 620. The molecule has 0 fully saturated rings. The summed E-state index contributed by atoms with van der Waals surface area (Å²) < 4.78 is 9.89. The standard InChI is InChI=1S/C16H19N3O5/c1-11(2)19-14(20)8-18-15(21)9-24-16(22)10-23-13-5-3-12(7-17)4-6-13/h3-6,11H,8-10H2,1-2H3,(H,18,21)(H,19,20). The minimum Gasteiger partial charge on any atom is -0.482 e. The van der Waals surface area contributed by atoms with Crippen LogP contribution in [0.25, 0.3) is 0 Å². The molecule has 0 spiro atoms. The molecule has 0 bridgehead atoms. The molecule has 0 unspecified atom stereocenters. The fraction of sp³-hybridized carbons (Fsp3) is 0.375. The Labute approximate surface area is 139 Å². The van der Waals surface area contributed by atoms with Gasteiger partial charge in [0, 0.05) is 6.04 Å². The number of nitrogens with one attached hydrogen (secondary N) is 2. The third-order valence-electron chi connectivity index (χ3n) is 2.60. The molecule has 8 nitrogen and oxygen atoms in total. The van der Waals surface area contributed by atoms with E-state index in [0.717, 1.165) is 0 Å². The van der Waals surface area contributed by atoms with Crippen molar-refractivity contribution in [3.8, 4) is 11.8 Å². The predicted octanol–water partition coefficient (Wildman–Crippen LogP) is 0.121. The van der Waals surface area contributed by atoms with Gasteiger partial charge in [0.2, 0.25) is 5.91 Å². The Balaban J connectivity index is 2.22. The minimum absolute atomic E-state index is 0.0217. The summed E-state index contributed by atoms with van der Waals surface area (Å²) in [6, 6.07) is 8.14. The van der Waals surface area contributed by atoms with Crippen LogP contribution in [0.4, 0.5) is 0 Å². The van der Waals surface area contributed by atoms with Crippen molar-refractivity contribution >= 4 is 17.8 Å². The Morgan fingerprint density at radius 3 is 2.38 bits per heavy atom. The predicted molar refractivity (Wildman–Crippen MR) is 83.9 cm³/mol. The second-order valence-electron chi connectivity index (χ2n) is 5.08. The van der Waals surface area contributed by atoms with Crippen molar-refractivity contribution in [2.24, 2.45) is 0 Å². The lowest BCUT2D eigenvalue weighted by atomic mass is 10.2. The van der Waals surface area contributed by atoms with E-state index < -0.39 is 18.5 Å². The minimum atomic E-state index is -0.721. The van der Waals surface area contributed by atoms with Crippen LogP contribution in [-0.4, -0.2) is 43.6 Å². The highest BCUT2D eigenvalue weighted by atomic mass is 16.6. The maximum atomic E-state index is 11.5. The SMILES string of the molecule is CC(C)NC(=O)CNC(=O)COC(=O)COc1ccc(C#N)cc1. The zero-order chi connectivity index (χ0) is 17.9. The first-order chi connectivity index (χ1) is 11.4. The van der Waals surface area contributed by atoms with E-state index in [1.807, 2.05) is 6.07 Å². The number of hydrogen-bond acceptors (Lipinski definition) is 6. The molecule has 0 atom stereocenters. The molecule has 0 saturated carbocycles. The molecule has 0 heterocycles. The molecule has 2 N–H and O–H groups in total. The van der Waals surface area contributed by atoms with E-state index in [1.165, 1.54) is 0 Å². The summed E-state index contributed by atoms with van der Waals surface area (Å²) in [4.78, 5) is 34.2. The van der Waals surface area contributed by atoms with Crippen LogP contribution in [-0.2, 0) is 19.1 Å². The van der Waals surface area contributed by atoms with Gasteiger partial charge in [-0.25, -0.2) is 4.79 Å². The van der Waals surface area contributed by atoms with E-state index >= 15 is 0 Å². The normalized spacial score (nSPS) is 9.75. The summed E-state index contributed by atoms with van der Waals surface area (Å²) in [5.74, 6) is -1.23. The zero-order valence-corrected chi connectivity index (χ0v) is 13.5. The molecule has 24 heavy (non-hydrogen) atoms. The monoisotopic (exact) mass is 333 g/mol. The molecule has 2 amide bonds. The first-order valence-electron chi connectivity index (χ1n) is 7.25. The van der Waals surface area contributed by atoms with Crippen LogP contribution >= 0.6 is 0 Å². The van der Waals surface area contributed by atoms with Crippen LogP contribution in [0.15, 0.2) is 24.3 Å². The van der Waals surface area contributed by atoms with E-state index in [-0.39, 0.29) is 25.1 Å². The summed E-state index contributed by atoms with van der Waals surface area (Å²) in [5.41, 5.74) is 0.475. The van der Waals surface area contributed by atoms with Gasteiger partial charge < -0.3 is 20.1 Å². The number of amides is 2. The highest BCUT2D eigenvalue weighted by Crippen LogP contribution is 2.11. The summed E-state index contributed by atoms with van der Waals surface area (Å²) in [6.07, 6.45) is 0. The van der Waals surface area contributed by atoms with E-state index in [1.54, 1.807) is 38.1 Å². The summed E-state index contributed by atoms with van der Waals surface area (Å²) in [7, 11) is 0. The molecule has 8 heteroatoms. The van der Waals surface area contributed by atoms with Crippen LogP contribution in [0.1, 0.15) is 19.4 Å². The van der Waals surface area contributed by atoms with Gasteiger partial charge in [-0.15, -0.1) is 0 Å². The molecule has 0 aliphatic heterocycles. The highest BCUT2D eigenvalue weighted by Gasteiger charge is 2.10. The van der Waals surface area contributed by atoms with Gasteiger partial charge in [0.1, 0.15) is 5.75 Å². The van der Waals surface area contributed by atoms with Gasteiger partial charge in [0.25, 0.3) is 5.91 Å². The van der Waals surface area contributed by atoms with Crippen molar-refractivity contribution in [3.05, 3.63) is 29.8 Å². The van der Waals surface area contributed by atoms with Gasteiger partial charge in [-0.2, -0.15) is 5.26 Å². The third kappa shape index (κ3) is 7.79. The number of nitriles is 1. The zero-order valence-electron chi connectivity index (χ0n) is 13.5. The van der Waals surface area contributed by atoms with Crippen molar-refractivity contribution in [1.29, 1.82) is 5.26 Å². The van der Waals surface area contributed by atoms with Gasteiger partial charge in [-0.3, -0.25) is 9.59 Å². The van der Waals surface area contributed by atoms with Gasteiger partial charge in [-0.05, 0) is 38.1 Å². The maximum Gasteiger partial charge on any atom is 0.344 e. The number of rotatable bonds is 8. The van der Waals surface area contributed by atoms with Crippen LogP contribution in [0.5, 0.6) is 5.75 Å². The van der Waals surface area contributed by atoms with Crippen molar-refractivity contribution in [3.63, 3.8) is 0 Å². The van der Waals surface area contributed by atoms with Gasteiger partial charge >= 0.3 is 5.97 Å². The van der Waals surface area contributed by atoms with Gasteiger partial charge in [0.05, 0.1) is 18.2 Å². The molecule has 0 aliphatic rings. The van der Waals surface area contributed by atoms with E-state index in [2.05, 4.69) is 10.6 Å². The van der Waals surface area contributed by atoms with Crippen molar-refractivity contribution in [2.75, 3.05) is 19.8 Å². The number of carbonyl (C=O) groups is 3. The Kier molecular flexibility index (Phi) is 7.78. The molecule has 128 valence electrons. The number of nitrogens with zero attached hydrogens (tertiary/aromatic N) is 1. The number of benzene rings is 1. The largest absolute Gasteiger partial charge is 0.482 e. The van der Waals surface area contributed by atoms with Crippen LogP contribution in [0.3, 0.4) is 0 Å². The fourth-order valence-electron chi connectivity index (χ4n) is 1.56. The molecular formula is C16H19N3O5. The number of carbonyl (C=O) groups excluding carboxylic acids is 3. The van der Waals surface area contributed by atoms with Crippen LogP contribution in [0.2, 0.25) is 0 Å². The quantitative estimate of drug-likeness (QED) is 0.653. The number of esters is 1. The number of ether oxygens (including phenoxy) is 2. The first-order valence-corrected chi connectivity index (χ1v) is 7.25. The van der Waals surface area contributed by atoms with Crippen molar-refractivity contribution < 1.29 is 23.9 Å². The molecular weight excluding hydrogens is 314 g/mol. The summed E-state index contributed by atoms with van der Waals surface area (Å²) in [5, 5.41) is 13.6. The maximum absolute atomic E-state index is 11.5. The van der Waals surface area contributed by atoms with Crippen LogP contribution < -0.4 is 15.4 Å². The van der Waals surface area contributed by atoms with Crippen LogP contribution in [0, 0.1) is 11.3 Å².